The first kappa shape index (κ1) is 22.9. The summed E-state index contributed by atoms with van der Waals surface area (Å²) >= 11 is 0. The summed E-state index contributed by atoms with van der Waals surface area (Å²) < 4.78 is 0. The SMILES string of the molecule is CCN(CC)C(=O)C(C)NC(=O)NC(C(=O)N1CCCC1C=O)C(C)(C)C. The lowest BCUT2D eigenvalue weighted by molar-refractivity contribution is -0.138. The van der Waals surface area contributed by atoms with Crippen LogP contribution in [0.4, 0.5) is 4.79 Å². The molecule has 27 heavy (non-hydrogen) atoms. The van der Waals surface area contributed by atoms with Crippen LogP contribution >= 0.6 is 0 Å². The van der Waals surface area contributed by atoms with Crippen LogP contribution in [0.3, 0.4) is 0 Å². The summed E-state index contributed by atoms with van der Waals surface area (Å²) in [6.07, 6.45) is 2.21. The summed E-state index contributed by atoms with van der Waals surface area (Å²) in [5.41, 5.74) is -0.545. The number of carbonyl (C=O) groups is 4. The molecule has 3 atom stereocenters. The predicted octanol–water partition coefficient (Wildman–Crippen LogP) is 1.15. The zero-order valence-electron chi connectivity index (χ0n) is 17.4. The van der Waals surface area contributed by atoms with Gasteiger partial charge < -0.3 is 25.2 Å². The molecule has 154 valence electrons. The molecule has 2 N–H and O–H groups in total. The first-order valence-corrected chi connectivity index (χ1v) is 9.68. The third-order valence-corrected chi connectivity index (χ3v) is 4.92. The Labute approximate surface area is 162 Å². The Morgan fingerprint density at radius 3 is 2.26 bits per heavy atom. The molecule has 0 bridgehead atoms. The number of aldehydes is 1. The number of urea groups is 1. The molecule has 1 saturated heterocycles. The molecule has 1 aliphatic heterocycles. The van der Waals surface area contributed by atoms with Crippen molar-refractivity contribution in [2.45, 2.75) is 72.5 Å². The average Bonchev–Trinajstić information content (AvgIpc) is 3.07. The van der Waals surface area contributed by atoms with E-state index in [-0.39, 0.29) is 11.8 Å². The Balaban J connectivity index is 2.82. The molecule has 0 aromatic heterocycles. The maximum atomic E-state index is 13.0. The van der Waals surface area contributed by atoms with Crippen LogP contribution in [0.1, 0.15) is 54.4 Å². The van der Waals surface area contributed by atoms with E-state index in [1.807, 2.05) is 34.6 Å². The smallest absolute Gasteiger partial charge is 0.316 e. The topological polar surface area (TPSA) is 98.8 Å². The third-order valence-electron chi connectivity index (χ3n) is 4.92. The molecule has 8 nitrogen and oxygen atoms in total. The summed E-state index contributed by atoms with van der Waals surface area (Å²) in [7, 11) is 0. The third kappa shape index (κ3) is 5.94. The molecular weight excluding hydrogens is 348 g/mol. The van der Waals surface area contributed by atoms with Crippen LogP contribution in [0.15, 0.2) is 0 Å². The second kappa shape index (κ2) is 9.71. The highest BCUT2D eigenvalue weighted by molar-refractivity contribution is 5.91. The van der Waals surface area contributed by atoms with Gasteiger partial charge in [0.05, 0.1) is 6.04 Å². The van der Waals surface area contributed by atoms with Gasteiger partial charge in [-0.05, 0) is 39.0 Å². The van der Waals surface area contributed by atoms with Crippen LogP contribution in [0, 0.1) is 5.41 Å². The molecule has 0 aromatic carbocycles. The average molecular weight is 383 g/mol. The van der Waals surface area contributed by atoms with Gasteiger partial charge in [0.15, 0.2) is 0 Å². The summed E-state index contributed by atoms with van der Waals surface area (Å²) in [5.74, 6) is -0.440. The first-order chi connectivity index (χ1) is 12.6. The Morgan fingerprint density at radius 1 is 1.19 bits per heavy atom. The van der Waals surface area contributed by atoms with Crippen molar-refractivity contribution in [1.82, 2.24) is 20.4 Å². The first-order valence-electron chi connectivity index (χ1n) is 9.68. The largest absolute Gasteiger partial charge is 0.341 e. The van der Waals surface area contributed by atoms with Crippen LogP contribution in [0.2, 0.25) is 0 Å². The normalized spacial score (nSPS) is 19.2. The van der Waals surface area contributed by atoms with Gasteiger partial charge in [-0.15, -0.1) is 0 Å². The second-order valence-electron chi connectivity index (χ2n) is 8.03. The molecular formula is C19H34N4O4. The highest BCUT2D eigenvalue weighted by Crippen LogP contribution is 2.25. The van der Waals surface area contributed by atoms with Crippen LogP contribution in [0.25, 0.3) is 0 Å². The van der Waals surface area contributed by atoms with E-state index in [1.165, 1.54) is 4.90 Å². The van der Waals surface area contributed by atoms with Crippen LogP contribution < -0.4 is 10.6 Å². The van der Waals surface area contributed by atoms with Gasteiger partial charge in [0.2, 0.25) is 11.8 Å². The van der Waals surface area contributed by atoms with Crippen molar-refractivity contribution in [3.63, 3.8) is 0 Å². The number of likely N-dealkylation sites (tertiary alicyclic amines) is 1. The molecule has 3 unspecified atom stereocenters. The molecule has 8 heteroatoms. The zero-order valence-corrected chi connectivity index (χ0v) is 17.4. The number of rotatable bonds is 7. The van der Waals surface area contributed by atoms with Gasteiger partial charge in [-0.1, -0.05) is 20.8 Å². The van der Waals surface area contributed by atoms with E-state index >= 15 is 0 Å². The van der Waals surface area contributed by atoms with Crippen LogP contribution in [-0.4, -0.2) is 71.7 Å². The van der Waals surface area contributed by atoms with Gasteiger partial charge in [0, 0.05) is 19.6 Å². The lowest BCUT2D eigenvalue weighted by atomic mass is 9.85. The summed E-state index contributed by atoms with van der Waals surface area (Å²) in [6.45, 7) is 12.6. The van der Waals surface area contributed by atoms with Gasteiger partial charge in [0.25, 0.3) is 0 Å². The van der Waals surface area contributed by atoms with Gasteiger partial charge in [-0.2, -0.15) is 0 Å². The molecule has 0 aliphatic carbocycles. The maximum Gasteiger partial charge on any atom is 0.316 e. The summed E-state index contributed by atoms with van der Waals surface area (Å²) in [6, 6.07) is -2.50. The molecule has 0 aromatic rings. The Kier molecular flexibility index (Phi) is 8.24. The summed E-state index contributed by atoms with van der Waals surface area (Å²) in [4.78, 5) is 52.1. The molecule has 1 rings (SSSR count). The van der Waals surface area contributed by atoms with Crippen molar-refractivity contribution in [2.75, 3.05) is 19.6 Å². The van der Waals surface area contributed by atoms with Gasteiger partial charge >= 0.3 is 6.03 Å². The van der Waals surface area contributed by atoms with Crippen LogP contribution in [-0.2, 0) is 14.4 Å². The minimum atomic E-state index is -0.797. The van der Waals surface area contributed by atoms with Crippen molar-refractivity contribution in [3.05, 3.63) is 0 Å². The second-order valence-corrected chi connectivity index (χ2v) is 8.03. The number of likely N-dealkylation sites (N-methyl/N-ethyl adjacent to an activating group) is 1. The molecule has 1 aliphatic rings. The number of carbonyl (C=O) groups excluding carboxylic acids is 4. The fourth-order valence-electron chi connectivity index (χ4n) is 3.26. The lowest BCUT2D eigenvalue weighted by Gasteiger charge is -2.35. The summed E-state index contributed by atoms with van der Waals surface area (Å²) in [5, 5.41) is 5.33. The van der Waals surface area contributed by atoms with E-state index in [0.717, 1.165) is 12.7 Å². The highest BCUT2D eigenvalue weighted by Gasteiger charge is 2.39. The van der Waals surface area contributed by atoms with Crippen molar-refractivity contribution < 1.29 is 19.2 Å². The van der Waals surface area contributed by atoms with E-state index in [9.17, 15) is 19.2 Å². The number of hydrogen-bond acceptors (Lipinski definition) is 4. The van der Waals surface area contributed by atoms with E-state index in [2.05, 4.69) is 10.6 Å². The highest BCUT2D eigenvalue weighted by atomic mass is 16.2. The lowest BCUT2D eigenvalue weighted by Crippen LogP contribution is -2.59. The molecule has 1 fully saturated rings. The van der Waals surface area contributed by atoms with E-state index in [0.29, 0.717) is 26.1 Å². The van der Waals surface area contributed by atoms with Crippen molar-refractivity contribution in [3.8, 4) is 0 Å². The number of nitrogens with zero attached hydrogens (tertiary/aromatic N) is 2. The Hall–Kier alpha value is -2.12. The fourth-order valence-corrected chi connectivity index (χ4v) is 3.26. The minimum absolute atomic E-state index is 0.172. The molecule has 4 amide bonds. The van der Waals surface area contributed by atoms with Crippen LogP contribution in [0.5, 0.6) is 0 Å². The maximum absolute atomic E-state index is 13.0. The van der Waals surface area contributed by atoms with Gasteiger partial charge in [-0.25, -0.2) is 4.79 Å². The molecule has 0 saturated carbocycles. The fraction of sp³-hybridized carbons (Fsp3) is 0.789. The van der Waals surface area contributed by atoms with E-state index < -0.39 is 29.6 Å². The van der Waals surface area contributed by atoms with Gasteiger partial charge in [-0.3, -0.25) is 9.59 Å². The number of hydrogen-bond donors (Lipinski definition) is 2. The standard InChI is InChI=1S/C19H34N4O4/c1-7-22(8-2)16(25)13(3)20-18(27)21-15(19(4,5)6)17(26)23-11-9-10-14(23)12-24/h12-15H,7-11H2,1-6H3,(H2,20,21,27). The van der Waals surface area contributed by atoms with E-state index in [1.54, 1.807) is 11.8 Å². The number of nitrogens with one attached hydrogen (secondary N) is 2. The Bertz CT molecular complexity index is 554. The van der Waals surface area contributed by atoms with Gasteiger partial charge in [0.1, 0.15) is 18.4 Å². The Morgan fingerprint density at radius 2 is 1.78 bits per heavy atom. The molecule has 0 radical (unpaired) electrons. The predicted molar refractivity (Wildman–Crippen MR) is 103 cm³/mol. The quantitative estimate of drug-likeness (QED) is 0.645. The monoisotopic (exact) mass is 382 g/mol. The molecule has 0 spiro atoms. The minimum Gasteiger partial charge on any atom is -0.341 e. The van der Waals surface area contributed by atoms with E-state index in [4.69, 9.17) is 0 Å². The number of amides is 4. The van der Waals surface area contributed by atoms with Crippen molar-refractivity contribution >= 4 is 24.1 Å². The zero-order chi connectivity index (χ0) is 20.8. The van der Waals surface area contributed by atoms with Crippen molar-refractivity contribution in [2.24, 2.45) is 5.41 Å². The molecule has 1 heterocycles. The van der Waals surface area contributed by atoms with Crippen molar-refractivity contribution in [1.29, 1.82) is 0 Å².